The van der Waals surface area contributed by atoms with Gasteiger partial charge >= 0.3 is 0 Å². The molecule has 4 nitrogen and oxygen atoms in total. The zero-order valence-corrected chi connectivity index (χ0v) is 12.9. The maximum absolute atomic E-state index is 12.1. The number of amides is 1. The molecule has 2 unspecified atom stereocenters. The second kappa shape index (κ2) is 9.32. The van der Waals surface area contributed by atoms with Crippen LogP contribution in [0.1, 0.15) is 52.9 Å². The van der Waals surface area contributed by atoms with Gasteiger partial charge in [0.25, 0.3) is 0 Å². The molecule has 0 radical (unpaired) electrons. The fourth-order valence-corrected chi connectivity index (χ4v) is 2.82. The van der Waals surface area contributed by atoms with Crippen molar-refractivity contribution in [2.24, 2.45) is 0 Å². The van der Waals surface area contributed by atoms with Gasteiger partial charge in [0.05, 0.1) is 0 Å². The first-order valence-electron chi connectivity index (χ1n) is 7.94. The van der Waals surface area contributed by atoms with Gasteiger partial charge in [-0.25, -0.2) is 0 Å². The summed E-state index contributed by atoms with van der Waals surface area (Å²) in [6, 6.07) is 0.515. The maximum atomic E-state index is 12.1. The van der Waals surface area contributed by atoms with Crippen LogP contribution < -0.4 is 10.6 Å². The second-order valence-corrected chi connectivity index (χ2v) is 5.55. The molecule has 19 heavy (non-hydrogen) atoms. The summed E-state index contributed by atoms with van der Waals surface area (Å²) in [5, 5.41) is 6.29. The highest BCUT2D eigenvalue weighted by Crippen LogP contribution is 2.15. The van der Waals surface area contributed by atoms with E-state index in [0.29, 0.717) is 12.6 Å². The summed E-state index contributed by atoms with van der Waals surface area (Å²) in [6.07, 6.45) is 6.41. The summed E-state index contributed by atoms with van der Waals surface area (Å²) < 4.78 is 0. The number of carbonyl (C=O) groups excluding carboxylic acids is 1. The van der Waals surface area contributed by atoms with Crippen LogP contribution in [0.25, 0.3) is 0 Å². The van der Waals surface area contributed by atoms with Gasteiger partial charge in [-0.05, 0) is 20.3 Å². The van der Waals surface area contributed by atoms with Gasteiger partial charge in [0, 0.05) is 32.2 Å². The molecule has 1 aliphatic rings. The number of hydrogen-bond donors (Lipinski definition) is 2. The van der Waals surface area contributed by atoms with Gasteiger partial charge in [0.2, 0.25) is 5.91 Å². The Hall–Kier alpha value is -0.610. The van der Waals surface area contributed by atoms with Crippen molar-refractivity contribution < 1.29 is 4.79 Å². The molecule has 0 saturated carbocycles. The zero-order valence-electron chi connectivity index (χ0n) is 12.9. The molecule has 1 fully saturated rings. The lowest BCUT2D eigenvalue weighted by atomic mass is 10.0. The molecule has 1 aliphatic heterocycles. The number of likely N-dealkylation sites (N-methyl/N-ethyl adjacent to an activating group) is 1. The molecule has 1 heterocycles. The van der Waals surface area contributed by atoms with Crippen LogP contribution >= 0.6 is 0 Å². The topological polar surface area (TPSA) is 44.4 Å². The van der Waals surface area contributed by atoms with Crippen molar-refractivity contribution in [3.05, 3.63) is 0 Å². The number of piperazine rings is 1. The third kappa shape index (κ3) is 5.49. The van der Waals surface area contributed by atoms with Crippen molar-refractivity contribution in [1.29, 1.82) is 0 Å². The minimum atomic E-state index is 0.00914. The van der Waals surface area contributed by atoms with Crippen LogP contribution in [0.4, 0.5) is 0 Å². The SMILES string of the molecule is CCCCCCC(C)N1CCNCC1C(=O)NCC. The van der Waals surface area contributed by atoms with E-state index in [1.54, 1.807) is 0 Å². The second-order valence-electron chi connectivity index (χ2n) is 5.55. The summed E-state index contributed by atoms with van der Waals surface area (Å²) in [5.74, 6) is 0.176. The molecule has 1 saturated heterocycles. The molecule has 0 aromatic carbocycles. The molecule has 2 N–H and O–H groups in total. The van der Waals surface area contributed by atoms with Crippen LogP contribution in [-0.4, -0.2) is 49.1 Å². The highest BCUT2D eigenvalue weighted by molar-refractivity contribution is 5.82. The highest BCUT2D eigenvalue weighted by atomic mass is 16.2. The maximum Gasteiger partial charge on any atom is 0.238 e. The molecule has 0 bridgehead atoms. The van der Waals surface area contributed by atoms with Crippen LogP contribution in [0.15, 0.2) is 0 Å². The number of nitrogens with zero attached hydrogens (tertiary/aromatic N) is 1. The van der Waals surface area contributed by atoms with Crippen molar-refractivity contribution in [2.45, 2.75) is 65.0 Å². The van der Waals surface area contributed by atoms with E-state index in [9.17, 15) is 4.79 Å². The number of nitrogens with one attached hydrogen (secondary N) is 2. The van der Waals surface area contributed by atoms with Crippen LogP contribution in [-0.2, 0) is 4.79 Å². The summed E-state index contributed by atoms with van der Waals surface area (Å²) in [4.78, 5) is 14.5. The Balaban J connectivity index is 2.43. The van der Waals surface area contributed by atoms with Gasteiger partial charge < -0.3 is 10.6 Å². The molecule has 0 spiro atoms. The van der Waals surface area contributed by atoms with Crippen molar-refractivity contribution in [1.82, 2.24) is 15.5 Å². The first kappa shape index (κ1) is 16.4. The Kier molecular flexibility index (Phi) is 8.07. The van der Waals surface area contributed by atoms with Crippen molar-refractivity contribution >= 4 is 5.91 Å². The first-order chi connectivity index (χ1) is 9.20. The van der Waals surface area contributed by atoms with Gasteiger partial charge in [-0.3, -0.25) is 9.69 Å². The third-order valence-corrected chi connectivity index (χ3v) is 3.98. The summed E-state index contributed by atoms with van der Waals surface area (Å²) in [6.45, 7) is 9.96. The van der Waals surface area contributed by atoms with E-state index < -0.39 is 0 Å². The Morgan fingerprint density at radius 2 is 2.16 bits per heavy atom. The molecule has 112 valence electrons. The minimum Gasteiger partial charge on any atom is -0.355 e. The van der Waals surface area contributed by atoms with Gasteiger partial charge in [-0.2, -0.15) is 0 Å². The molecule has 4 heteroatoms. The van der Waals surface area contributed by atoms with Crippen molar-refractivity contribution in [3.8, 4) is 0 Å². The Labute approximate surface area is 118 Å². The lowest BCUT2D eigenvalue weighted by Crippen LogP contribution is -2.60. The van der Waals surface area contributed by atoms with Gasteiger partial charge in [0.15, 0.2) is 0 Å². The van der Waals surface area contributed by atoms with E-state index in [0.717, 1.165) is 19.6 Å². The van der Waals surface area contributed by atoms with Crippen LogP contribution in [0, 0.1) is 0 Å². The fourth-order valence-electron chi connectivity index (χ4n) is 2.82. The van der Waals surface area contributed by atoms with Crippen molar-refractivity contribution in [2.75, 3.05) is 26.2 Å². The zero-order chi connectivity index (χ0) is 14.1. The Morgan fingerprint density at radius 3 is 2.84 bits per heavy atom. The summed E-state index contributed by atoms with van der Waals surface area (Å²) in [5.41, 5.74) is 0. The Morgan fingerprint density at radius 1 is 1.37 bits per heavy atom. The van der Waals surface area contributed by atoms with E-state index in [1.165, 1.54) is 32.1 Å². The number of rotatable bonds is 8. The Bertz CT molecular complexity index is 258. The molecular weight excluding hydrogens is 238 g/mol. The normalized spacial score (nSPS) is 22.2. The first-order valence-corrected chi connectivity index (χ1v) is 7.94. The molecule has 1 amide bonds. The summed E-state index contributed by atoms with van der Waals surface area (Å²) >= 11 is 0. The van der Waals surface area contributed by atoms with E-state index in [1.807, 2.05) is 6.92 Å². The molecular formula is C15H31N3O. The lowest BCUT2D eigenvalue weighted by Gasteiger charge is -2.39. The average Bonchev–Trinajstić information content (AvgIpc) is 2.43. The predicted molar refractivity (Wildman–Crippen MR) is 80.3 cm³/mol. The van der Waals surface area contributed by atoms with E-state index in [4.69, 9.17) is 0 Å². The van der Waals surface area contributed by atoms with Gasteiger partial charge in [0.1, 0.15) is 6.04 Å². The lowest BCUT2D eigenvalue weighted by molar-refractivity contribution is -0.128. The minimum absolute atomic E-state index is 0.00914. The number of unbranched alkanes of at least 4 members (excludes halogenated alkanes) is 3. The third-order valence-electron chi connectivity index (χ3n) is 3.98. The predicted octanol–water partition coefficient (Wildman–Crippen LogP) is 1.76. The quantitative estimate of drug-likeness (QED) is 0.660. The highest BCUT2D eigenvalue weighted by Gasteiger charge is 2.30. The standard InChI is InChI=1S/C15H31N3O/c1-4-6-7-8-9-13(3)18-11-10-16-12-14(18)15(19)17-5-2/h13-14,16H,4-12H2,1-3H3,(H,17,19). The van der Waals surface area contributed by atoms with E-state index in [-0.39, 0.29) is 11.9 Å². The smallest absolute Gasteiger partial charge is 0.238 e. The van der Waals surface area contributed by atoms with Gasteiger partial charge in [-0.1, -0.05) is 32.6 Å². The average molecular weight is 269 g/mol. The molecule has 0 aliphatic carbocycles. The van der Waals surface area contributed by atoms with Crippen LogP contribution in [0.3, 0.4) is 0 Å². The molecule has 0 aromatic heterocycles. The van der Waals surface area contributed by atoms with E-state index in [2.05, 4.69) is 29.4 Å². The number of hydrogen-bond acceptors (Lipinski definition) is 3. The molecule has 1 rings (SSSR count). The largest absolute Gasteiger partial charge is 0.355 e. The molecule has 2 atom stereocenters. The monoisotopic (exact) mass is 269 g/mol. The van der Waals surface area contributed by atoms with Crippen molar-refractivity contribution in [3.63, 3.8) is 0 Å². The van der Waals surface area contributed by atoms with E-state index >= 15 is 0 Å². The fraction of sp³-hybridized carbons (Fsp3) is 0.933. The number of carbonyl (C=O) groups is 1. The van der Waals surface area contributed by atoms with Gasteiger partial charge in [-0.15, -0.1) is 0 Å². The summed E-state index contributed by atoms with van der Waals surface area (Å²) in [7, 11) is 0. The van der Waals surface area contributed by atoms with Crippen LogP contribution in [0.2, 0.25) is 0 Å². The molecule has 0 aromatic rings. The van der Waals surface area contributed by atoms with Crippen LogP contribution in [0.5, 0.6) is 0 Å².